The normalized spacial score (nSPS) is 19.5. The minimum absolute atomic E-state index is 0.0749. The molecule has 4 aromatic rings. The molecule has 3 atom stereocenters. The third-order valence-corrected chi connectivity index (χ3v) is 10.5. The van der Waals surface area contributed by atoms with Gasteiger partial charge in [0, 0.05) is 21.0 Å². The van der Waals surface area contributed by atoms with E-state index in [9.17, 15) is 32.3 Å². The monoisotopic (exact) mass is 703 g/mol. The molecule has 14 heteroatoms. The number of nitrogens with zero attached hydrogens (tertiary/aromatic N) is 2. The Morgan fingerprint density at radius 3 is 2.36 bits per heavy atom. The number of halogens is 4. The number of imide groups is 1. The van der Waals surface area contributed by atoms with Crippen LogP contribution in [-0.4, -0.2) is 34.6 Å². The van der Waals surface area contributed by atoms with E-state index >= 15 is 0 Å². The molecule has 2 aliphatic rings. The molecule has 1 aromatic heterocycles. The SMILES string of the molecule is COc1ccc(N2C(=O)[C@H]3[C@H](c4ccc(Br)cc4)c4sc(=O)n(CC(=O)Nc5cccc(C(F)(F)F)c5)c4S[C@H]3C2=O)cc1. The Hall–Kier alpha value is -3.88. The molecule has 3 aromatic carbocycles. The first-order chi connectivity index (χ1) is 21.0. The molecule has 0 saturated carbocycles. The lowest BCUT2D eigenvalue weighted by Gasteiger charge is -2.30. The zero-order valence-corrected chi connectivity index (χ0v) is 25.9. The van der Waals surface area contributed by atoms with Crippen molar-refractivity contribution in [1.82, 2.24) is 4.57 Å². The van der Waals surface area contributed by atoms with Crippen LogP contribution in [0.5, 0.6) is 5.75 Å². The van der Waals surface area contributed by atoms with Gasteiger partial charge in [-0.3, -0.25) is 23.7 Å². The second kappa shape index (κ2) is 11.6. The highest BCUT2D eigenvalue weighted by Crippen LogP contribution is 2.54. The number of fused-ring (bicyclic) bond motifs is 2. The third kappa shape index (κ3) is 5.46. The van der Waals surface area contributed by atoms with Crippen molar-refractivity contribution in [2.24, 2.45) is 5.92 Å². The fourth-order valence-corrected chi connectivity index (χ4v) is 8.43. The fraction of sp³-hybridized carbons (Fsp3) is 0.200. The van der Waals surface area contributed by atoms with Gasteiger partial charge in [0.25, 0.3) is 0 Å². The molecule has 226 valence electrons. The van der Waals surface area contributed by atoms with Crippen LogP contribution in [0.3, 0.4) is 0 Å². The summed E-state index contributed by atoms with van der Waals surface area (Å²) >= 11 is 5.34. The number of hydrogen-bond acceptors (Lipinski definition) is 7. The highest BCUT2D eigenvalue weighted by molar-refractivity contribution is 9.10. The van der Waals surface area contributed by atoms with E-state index in [1.807, 2.05) is 12.1 Å². The summed E-state index contributed by atoms with van der Waals surface area (Å²) in [6, 6.07) is 18.0. The third-order valence-electron chi connectivity index (χ3n) is 7.38. The van der Waals surface area contributed by atoms with Crippen LogP contribution in [0, 0.1) is 5.92 Å². The molecule has 0 radical (unpaired) electrons. The quantitative estimate of drug-likeness (QED) is 0.243. The van der Waals surface area contributed by atoms with Crippen molar-refractivity contribution in [2.75, 3.05) is 17.3 Å². The van der Waals surface area contributed by atoms with Gasteiger partial charge in [-0.2, -0.15) is 13.2 Å². The molecule has 0 bridgehead atoms. The maximum atomic E-state index is 14.0. The van der Waals surface area contributed by atoms with Crippen molar-refractivity contribution in [3.05, 3.63) is 103 Å². The van der Waals surface area contributed by atoms with Gasteiger partial charge in [-0.1, -0.05) is 57.2 Å². The number of thiazole rings is 1. The molecule has 44 heavy (non-hydrogen) atoms. The van der Waals surface area contributed by atoms with Crippen molar-refractivity contribution in [1.29, 1.82) is 0 Å². The highest BCUT2D eigenvalue weighted by atomic mass is 79.9. The van der Waals surface area contributed by atoms with Crippen molar-refractivity contribution in [2.45, 2.75) is 28.9 Å². The van der Waals surface area contributed by atoms with Crippen LogP contribution in [0.4, 0.5) is 24.5 Å². The number of hydrogen-bond donors (Lipinski definition) is 1. The molecule has 1 fully saturated rings. The molecule has 8 nitrogen and oxygen atoms in total. The lowest BCUT2D eigenvalue weighted by atomic mass is 9.83. The number of carbonyl (C=O) groups excluding carboxylic acids is 3. The van der Waals surface area contributed by atoms with Crippen molar-refractivity contribution >= 4 is 68.1 Å². The van der Waals surface area contributed by atoms with E-state index < -0.39 is 58.0 Å². The predicted molar refractivity (Wildman–Crippen MR) is 163 cm³/mol. The van der Waals surface area contributed by atoms with Crippen LogP contribution in [-0.2, 0) is 27.1 Å². The number of nitrogens with one attached hydrogen (secondary N) is 1. The first-order valence-electron chi connectivity index (χ1n) is 13.1. The Balaban J connectivity index is 1.37. The Bertz CT molecular complexity index is 1840. The molecule has 1 N–H and O–H groups in total. The summed E-state index contributed by atoms with van der Waals surface area (Å²) in [7, 11) is 1.51. The second-order valence-electron chi connectivity index (χ2n) is 10.1. The summed E-state index contributed by atoms with van der Waals surface area (Å²) < 4.78 is 46.7. The van der Waals surface area contributed by atoms with E-state index in [4.69, 9.17) is 4.74 Å². The van der Waals surface area contributed by atoms with Crippen molar-refractivity contribution in [3.63, 3.8) is 0 Å². The van der Waals surface area contributed by atoms with Gasteiger partial charge in [-0.15, -0.1) is 0 Å². The number of thioether (sulfide) groups is 1. The van der Waals surface area contributed by atoms with E-state index in [1.165, 1.54) is 23.8 Å². The first-order valence-corrected chi connectivity index (χ1v) is 15.6. The number of ether oxygens (including phenoxy) is 1. The summed E-state index contributed by atoms with van der Waals surface area (Å²) in [5, 5.41) is 1.90. The zero-order chi connectivity index (χ0) is 31.3. The molecular formula is C30H21BrF3N3O5S2. The molecule has 3 amide bonds. The van der Waals surface area contributed by atoms with E-state index in [0.717, 1.165) is 44.6 Å². The molecule has 6 rings (SSSR count). The standard InChI is InChI=1S/C30H21BrF3N3O5S2/c1-42-20-11-9-19(10-12-20)37-26(39)23-22(15-5-7-17(31)8-6-15)25-28(43-24(23)27(37)40)36(29(41)44-25)14-21(38)35-18-4-2-3-16(13-18)30(32,33)34/h2-13,22-24H,14H2,1H3,(H,35,38)/t22-,23-,24+/m0/s1. The average molecular weight is 705 g/mol. The van der Waals surface area contributed by atoms with E-state index in [0.29, 0.717) is 26.9 Å². The highest BCUT2D eigenvalue weighted by Gasteiger charge is 2.56. The van der Waals surface area contributed by atoms with E-state index in [1.54, 1.807) is 36.4 Å². The number of benzene rings is 3. The van der Waals surface area contributed by atoms with E-state index in [-0.39, 0.29) is 5.69 Å². The Morgan fingerprint density at radius 1 is 1.00 bits per heavy atom. The molecular weight excluding hydrogens is 683 g/mol. The lowest BCUT2D eigenvalue weighted by molar-refractivity contribution is -0.137. The fourth-order valence-electron chi connectivity index (χ4n) is 5.39. The second-order valence-corrected chi connectivity index (χ2v) is 13.1. The van der Waals surface area contributed by atoms with Gasteiger partial charge in [0.2, 0.25) is 17.7 Å². The first kappa shape index (κ1) is 30.2. The molecule has 1 saturated heterocycles. The van der Waals surface area contributed by atoms with Crippen molar-refractivity contribution < 1.29 is 32.3 Å². The molecule has 0 aliphatic carbocycles. The average Bonchev–Trinajstić information content (AvgIpc) is 3.43. The minimum Gasteiger partial charge on any atom is -0.497 e. The number of aromatic nitrogens is 1. The molecule has 3 heterocycles. The van der Waals surface area contributed by atoms with Gasteiger partial charge in [0.1, 0.15) is 17.5 Å². The summed E-state index contributed by atoms with van der Waals surface area (Å²) in [5.41, 5.74) is 0.0927. The maximum Gasteiger partial charge on any atom is 0.416 e. The van der Waals surface area contributed by atoms with Gasteiger partial charge in [-0.25, -0.2) is 4.90 Å². The van der Waals surface area contributed by atoms with Crippen LogP contribution in [0.15, 0.2) is 87.1 Å². The number of amides is 3. The lowest BCUT2D eigenvalue weighted by Crippen LogP contribution is -2.33. The zero-order valence-electron chi connectivity index (χ0n) is 22.6. The van der Waals surface area contributed by atoms with Gasteiger partial charge >= 0.3 is 11.0 Å². The van der Waals surface area contributed by atoms with Gasteiger partial charge in [-0.05, 0) is 60.2 Å². The topological polar surface area (TPSA) is 97.7 Å². The summed E-state index contributed by atoms with van der Waals surface area (Å²) in [4.78, 5) is 55.3. The maximum absolute atomic E-state index is 14.0. The van der Waals surface area contributed by atoms with Crippen LogP contribution >= 0.6 is 39.0 Å². The predicted octanol–water partition coefficient (Wildman–Crippen LogP) is 6.13. The Morgan fingerprint density at radius 2 is 1.70 bits per heavy atom. The van der Waals surface area contributed by atoms with Gasteiger partial charge in [0.05, 0.1) is 29.3 Å². The van der Waals surface area contributed by atoms with Crippen LogP contribution in [0.2, 0.25) is 0 Å². The van der Waals surface area contributed by atoms with Crippen molar-refractivity contribution in [3.8, 4) is 5.75 Å². The van der Waals surface area contributed by atoms with E-state index in [2.05, 4.69) is 21.2 Å². The number of rotatable bonds is 6. The number of methoxy groups -OCH3 is 1. The van der Waals surface area contributed by atoms with Crippen LogP contribution in [0.1, 0.15) is 21.9 Å². The number of alkyl halides is 3. The van der Waals surface area contributed by atoms with Gasteiger partial charge in [0.15, 0.2) is 0 Å². The summed E-state index contributed by atoms with van der Waals surface area (Å²) in [5.74, 6) is -2.51. The largest absolute Gasteiger partial charge is 0.497 e. The number of anilines is 2. The molecule has 0 unspecified atom stereocenters. The minimum atomic E-state index is -4.59. The Labute approximate surface area is 265 Å². The smallest absolute Gasteiger partial charge is 0.416 e. The molecule has 0 spiro atoms. The summed E-state index contributed by atoms with van der Waals surface area (Å²) in [6.45, 7) is -0.497. The summed E-state index contributed by atoms with van der Waals surface area (Å²) in [6.07, 6.45) is -4.59. The van der Waals surface area contributed by atoms with Crippen LogP contribution in [0.25, 0.3) is 0 Å². The Kier molecular flexibility index (Phi) is 7.92. The molecule has 2 aliphatic heterocycles. The van der Waals surface area contributed by atoms with Crippen LogP contribution < -0.4 is 19.8 Å². The van der Waals surface area contributed by atoms with Gasteiger partial charge < -0.3 is 10.1 Å². The number of carbonyl (C=O) groups is 3.